The predicted molar refractivity (Wildman–Crippen MR) is 81.1 cm³/mol. The Morgan fingerprint density at radius 2 is 2.38 bits per heavy atom. The molecule has 0 unspecified atom stereocenters. The maximum Gasteiger partial charge on any atom is 0.243 e. The maximum absolute atomic E-state index is 11.4. The zero-order valence-corrected chi connectivity index (χ0v) is 12.2. The van der Waals surface area contributed by atoms with E-state index in [4.69, 9.17) is 4.74 Å². The molecule has 0 radical (unpaired) electrons. The Hall–Kier alpha value is -2.56. The summed E-state index contributed by atoms with van der Waals surface area (Å²) in [5.41, 5.74) is 2.02. The van der Waals surface area contributed by atoms with Crippen molar-refractivity contribution in [2.75, 3.05) is 7.11 Å². The summed E-state index contributed by atoms with van der Waals surface area (Å²) >= 11 is 0. The van der Waals surface area contributed by atoms with Crippen LogP contribution in [-0.4, -0.2) is 22.8 Å². The highest BCUT2D eigenvalue weighted by Gasteiger charge is 2.11. The van der Waals surface area contributed by atoms with E-state index in [9.17, 15) is 4.79 Å². The van der Waals surface area contributed by atoms with Crippen molar-refractivity contribution in [1.29, 1.82) is 0 Å². The van der Waals surface area contributed by atoms with E-state index < -0.39 is 0 Å². The van der Waals surface area contributed by atoms with E-state index >= 15 is 0 Å². The summed E-state index contributed by atoms with van der Waals surface area (Å²) in [6.07, 6.45) is 4.91. The fourth-order valence-electron chi connectivity index (χ4n) is 2.12. The molecule has 0 fully saturated rings. The van der Waals surface area contributed by atoms with E-state index in [1.165, 1.54) is 6.08 Å². The van der Waals surface area contributed by atoms with E-state index in [1.54, 1.807) is 13.3 Å². The molecule has 21 heavy (non-hydrogen) atoms. The van der Waals surface area contributed by atoms with Crippen LogP contribution in [0.3, 0.4) is 0 Å². The van der Waals surface area contributed by atoms with Crippen LogP contribution in [0.2, 0.25) is 0 Å². The van der Waals surface area contributed by atoms with Crippen molar-refractivity contribution in [3.63, 3.8) is 0 Å². The lowest BCUT2D eigenvalue weighted by atomic mass is 10.0. The number of methoxy groups -OCH3 is 1. The number of rotatable bonds is 6. The molecule has 0 saturated carbocycles. The molecule has 5 heteroatoms. The minimum absolute atomic E-state index is 0.0993. The van der Waals surface area contributed by atoms with Gasteiger partial charge in [0.25, 0.3) is 0 Å². The van der Waals surface area contributed by atoms with E-state index in [2.05, 4.69) is 17.0 Å². The average molecular weight is 285 g/mol. The fraction of sp³-hybridized carbons (Fsp3) is 0.250. The first kappa shape index (κ1) is 14.8. The van der Waals surface area contributed by atoms with Crippen molar-refractivity contribution in [3.05, 3.63) is 60.4 Å². The number of amides is 1. The lowest BCUT2D eigenvalue weighted by Crippen LogP contribution is -2.24. The van der Waals surface area contributed by atoms with Gasteiger partial charge in [0.15, 0.2) is 0 Å². The summed E-state index contributed by atoms with van der Waals surface area (Å²) < 4.78 is 7.21. The Morgan fingerprint density at radius 3 is 3.00 bits per heavy atom. The van der Waals surface area contributed by atoms with Gasteiger partial charge in [-0.05, 0) is 36.8 Å². The van der Waals surface area contributed by atoms with E-state index in [0.717, 1.165) is 16.9 Å². The molecule has 1 N–H and O–H groups in total. The number of hydrogen-bond acceptors (Lipinski definition) is 3. The van der Waals surface area contributed by atoms with Gasteiger partial charge in [-0.3, -0.25) is 9.48 Å². The van der Waals surface area contributed by atoms with Crippen molar-refractivity contribution in [2.45, 2.75) is 19.5 Å². The number of carbonyl (C=O) groups excluding carboxylic acids is 1. The third-order valence-corrected chi connectivity index (χ3v) is 3.24. The highest BCUT2D eigenvalue weighted by molar-refractivity contribution is 5.87. The van der Waals surface area contributed by atoms with Crippen LogP contribution in [0, 0.1) is 0 Å². The minimum Gasteiger partial charge on any atom is -0.496 e. The molecule has 1 atom stereocenters. The van der Waals surface area contributed by atoms with Crippen LogP contribution in [0.25, 0.3) is 0 Å². The van der Waals surface area contributed by atoms with E-state index in [1.807, 2.05) is 42.1 Å². The first-order chi connectivity index (χ1) is 10.1. The summed E-state index contributed by atoms with van der Waals surface area (Å²) in [6.45, 7) is 6.01. The van der Waals surface area contributed by atoms with Crippen molar-refractivity contribution < 1.29 is 9.53 Å². The minimum atomic E-state index is -0.188. The van der Waals surface area contributed by atoms with Gasteiger partial charge in [0.1, 0.15) is 5.75 Å². The first-order valence-electron chi connectivity index (χ1n) is 6.71. The second-order valence-corrected chi connectivity index (χ2v) is 4.71. The summed E-state index contributed by atoms with van der Waals surface area (Å²) in [4.78, 5) is 11.4. The van der Waals surface area contributed by atoms with Crippen LogP contribution in [0.4, 0.5) is 0 Å². The normalized spacial score (nSPS) is 11.7. The van der Waals surface area contributed by atoms with Gasteiger partial charge in [-0.1, -0.05) is 12.6 Å². The van der Waals surface area contributed by atoms with E-state index in [0.29, 0.717) is 6.54 Å². The van der Waals surface area contributed by atoms with E-state index in [-0.39, 0.29) is 11.9 Å². The third-order valence-electron chi connectivity index (χ3n) is 3.24. The van der Waals surface area contributed by atoms with Crippen molar-refractivity contribution >= 4 is 5.91 Å². The molecule has 1 amide bonds. The number of ether oxygens (including phenoxy) is 1. The van der Waals surface area contributed by atoms with Gasteiger partial charge >= 0.3 is 0 Å². The van der Waals surface area contributed by atoms with Crippen LogP contribution < -0.4 is 10.1 Å². The molecule has 0 bridgehead atoms. The Kier molecular flexibility index (Phi) is 4.77. The monoisotopic (exact) mass is 285 g/mol. The van der Waals surface area contributed by atoms with Crippen molar-refractivity contribution in [1.82, 2.24) is 15.1 Å². The van der Waals surface area contributed by atoms with Gasteiger partial charge in [0.05, 0.1) is 19.7 Å². The average Bonchev–Trinajstić information content (AvgIpc) is 3.00. The molecule has 0 saturated heterocycles. The predicted octanol–water partition coefficient (Wildman–Crippen LogP) is 2.30. The summed E-state index contributed by atoms with van der Waals surface area (Å²) in [5, 5.41) is 7.05. The zero-order chi connectivity index (χ0) is 15.2. The van der Waals surface area contributed by atoms with Gasteiger partial charge < -0.3 is 10.1 Å². The van der Waals surface area contributed by atoms with Gasteiger partial charge in [-0.2, -0.15) is 5.10 Å². The Balaban J connectivity index is 2.24. The zero-order valence-electron chi connectivity index (χ0n) is 12.2. The quantitative estimate of drug-likeness (QED) is 0.829. The Labute approximate surface area is 124 Å². The van der Waals surface area contributed by atoms with Gasteiger partial charge in [0.2, 0.25) is 5.91 Å². The molecule has 1 heterocycles. The molecule has 2 aromatic rings. The molecule has 0 aliphatic heterocycles. The SMILES string of the molecule is C=CC(=O)N[C@H](C)c1ccc(OC)c(Cn2cccn2)c1. The largest absolute Gasteiger partial charge is 0.496 e. The van der Waals surface area contributed by atoms with Gasteiger partial charge in [-0.25, -0.2) is 0 Å². The highest BCUT2D eigenvalue weighted by Crippen LogP contribution is 2.24. The number of aromatic nitrogens is 2. The summed E-state index contributed by atoms with van der Waals surface area (Å²) in [7, 11) is 1.64. The molecule has 0 aliphatic carbocycles. The molecule has 0 spiro atoms. The number of carbonyl (C=O) groups is 1. The Bertz CT molecular complexity index is 620. The number of benzene rings is 1. The topological polar surface area (TPSA) is 56.1 Å². The highest BCUT2D eigenvalue weighted by atomic mass is 16.5. The molecular weight excluding hydrogens is 266 g/mol. The molecule has 5 nitrogen and oxygen atoms in total. The van der Waals surface area contributed by atoms with Gasteiger partial charge in [-0.15, -0.1) is 0 Å². The number of nitrogens with one attached hydrogen (secondary N) is 1. The second-order valence-electron chi connectivity index (χ2n) is 4.71. The van der Waals surface area contributed by atoms with Crippen LogP contribution >= 0.6 is 0 Å². The van der Waals surface area contributed by atoms with Crippen molar-refractivity contribution in [3.8, 4) is 5.75 Å². The second kappa shape index (κ2) is 6.74. The van der Waals surface area contributed by atoms with Gasteiger partial charge in [0, 0.05) is 18.0 Å². The number of hydrogen-bond donors (Lipinski definition) is 1. The van der Waals surface area contributed by atoms with Crippen LogP contribution in [0.1, 0.15) is 24.1 Å². The maximum atomic E-state index is 11.4. The van der Waals surface area contributed by atoms with Crippen LogP contribution in [0.15, 0.2) is 49.3 Å². The van der Waals surface area contributed by atoms with Crippen LogP contribution in [-0.2, 0) is 11.3 Å². The smallest absolute Gasteiger partial charge is 0.243 e. The summed E-state index contributed by atoms with van der Waals surface area (Å²) in [6, 6.07) is 7.65. The van der Waals surface area contributed by atoms with Crippen molar-refractivity contribution in [2.24, 2.45) is 0 Å². The first-order valence-corrected chi connectivity index (χ1v) is 6.71. The lowest BCUT2D eigenvalue weighted by Gasteiger charge is -2.16. The number of nitrogens with zero attached hydrogens (tertiary/aromatic N) is 2. The molecule has 1 aromatic heterocycles. The standard InChI is InChI=1S/C16H19N3O2/c1-4-16(20)18-12(2)13-6-7-15(21-3)14(10-13)11-19-9-5-8-17-19/h4-10,12H,1,11H2,2-3H3,(H,18,20)/t12-/m1/s1. The third kappa shape index (κ3) is 3.72. The molecule has 2 rings (SSSR count). The van der Waals surface area contributed by atoms with Crippen LogP contribution in [0.5, 0.6) is 5.75 Å². The lowest BCUT2D eigenvalue weighted by molar-refractivity contribution is -0.117. The molecule has 0 aliphatic rings. The molecule has 110 valence electrons. The summed E-state index contributed by atoms with van der Waals surface area (Å²) in [5.74, 6) is 0.614. The molecule has 1 aromatic carbocycles. The fourth-order valence-corrected chi connectivity index (χ4v) is 2.12. The molecular formula is C16H19N3O2. The Morgan fingerprint density at radius 1 is 1.57 bits per heavy atom.